The van der Waals surface area contributed by atoms with Crippen molar-refractivity contribution in [3.63, 3.8) is 0 Å². The number of carbonyl (C=O) groups is 2. The van der Waals surface area contributed by atoms with Crippen LogP contribution in [0.5, 0.6) is 0 Å². The van der Waals surface area contributed by atoms with E-state index >= 15 is 0 Å². The number of alkyl halides is 3. The van der Waals surface area contributed by atoms with E-state index in [0.29, 0.717) is 11.9 Å². The van der Waals surface area contributed by atoms with Crippen LogP contribution in [0.15, 0.2) is 48.8 Å². The van der Waals surface area contributed by atoms with Crippen molar-refractivity contribution in [3.8, 4) is 0 Å². The molecule has 1 saturated heterocycles. The van der Waals surface area contributed by atoms with Crippen molar-refractivity contribution in [1.82, 2.24) is 24.8 Å². The lowest BCUT2D eigenvalue weighted by Crippen LogP contribution is -2.44. The van der Waals surface area contributed by atoms with Crippen molar-refractivity contribution in [3.05, 3.63) is 59.9 Å². The highest BCUT2D eigenvalue weighted by atomic mass is 19.4. The molecule has 2 N–H and O–H groups in total. The summed E-state index contributed by atoms with van der Waals surface area (Å²) >= 11 is 0. The number of ketones is 1. The third-order valence-corrected chi connectivity index (χ3v) is 5.95. The van der Waals surface area contributed by atoms with Crippen LogP contribution in [0.3, 0.4) is 0 Å². The molecule has 1 aliphatic heterocycles. The number of halogens is 3. The van der Waals surface area contributed by atoms with Crippen LogP contribution < -0.4 is 15.5 Å². The van der Waals surface area contributed by atoms with Gasteiger partial charge < -0.3 is 25.3 Å². The minimum atomic E-state index is -4.77. The first kappa shape index (κ1) is 26.8. The van der Waals surface area contributed by atoms with Crippen LogP contribution in [0.4, 0.5) is 42.1 Å². The van der Waals surface area contributed by atoms with Crippen LogP contribution in [-0.2, 0) is 11.0 Å². The summed E-state index contributed by atoms with van der Waals surface area (Å²) in [4.78, 5) is 42.6. The van der Waals surface area contributed by atoms with Crippen LogP contribution in [0.25, 0.3) is 0 Å². The monoisotopic (exact) mass is 528 g/mol. The first-order valence-electron chi connectivity index (χ1n) is 11.8. The Morgan fingerprint density at radius 1 is 0.947 bits per heavy atom. The molecular weight excluding hydrogens is 501 g/mol. The Labute approximate surface area is 217 Å². The van der Waals surface area contributed by atoms with Gasteiger partial charge in [0.25, 0.3) is 11.7 Å². The molecule has 3 aromatic rings. The van der Waals surface area contributed by atoms with E-state index in [1.54, 1.807) is 12.3 Å². The van der Waals surface area contributed by atoms with E-state index in [4.69, 9.17) is 0 Å². The van der Waals surface area contributed by atoms with Crippen LogP contribution in [-0.4, -0.2) is 83.8 Å². The lowest BCUT2D eigenvalue weighted by molar-refractivity contribution is -0.137. The molecule has 1 fully saturated rings. The molecule has 1 amide bonds. The number of benzene rings is 1. The average Bonchev–Trinajstić information content (AvgIpc) is 2.88. The number of nitrogens with zero attached hydrogens (tertiary/aromatic N) is 6. The molecule has 0 saturated carbocycles. The van der Waals surface area contributed by atoms with Gasteiger partial charge in [0, 0.05) is 46.5 Å². The maximum Gasteiger partial charge on any atom is 0.421 e. The fourth-order valence-electron chi connectivity index (χ4n) is 3.79. The van der Waals surface area contributed by atoms with Gasteiger partial charge in [-0.15, -0.1) is 0 Å². The summed E-state index contributed by atoms with van der Waals surface area (Å²) in [6, 6.07) is 9.36. The number of carbonyl (C=O) groups excluding carboxylic acids is 2. The van der Waals surface area contributed by atoms with Gasteiger partial charge in [-0.05, 0) is 31.3 Å². The second kappa shape index (κ2) is 11.0. The first-order valence-corrected chi connectivity index (χ1v) is 11.8. The van der Waals surface area contributed by atoms with Gasteiger partial charge in [0.2, 0.25) is 5.95 Å². The molecule has 0 atom stereocenters. The smallest absolute Gasteiger partial charge is 0.354 e. The van der Waals surface area contributed by atoms with Crippen molar-refractivity contribution < 1.29 is 22.8 Å². The van der Waals surface area contributed by atoms with Gasteiger partial charge in [0.1, 0.15) is 17.2 Å². The lowest BCUT2D eigenvalue weighted by atomic mass is 10.1. The minimum absolute atomic E-state index is 0.000969. The van der Waals surface area contributed by atoms with Crippen LogP contribution >= 0.6 is 0 Å². The third kappa shape index (κ3) is 6.17. The van der Waals surface area contributed by atoms with E-state index in [9.17, 15) is 22.8 Å². The number of piperazine rings is 1. The number of rotatable bonds is 7. The predicted octanol–water partition coefficient (Wildman–Crippen LogP) is 3.40. The Hall–Kier alpha value is -4.26. The Morgan fingerprint density at radius 3 is 2.29 bits per heavy atom. The largest absolute Gasteiger partial charge is 0.421 e. The van der Waals surface area contributed by atoms with E-state index in [1.165, 1.54) is 38.4 Å². The highest BCUT2D eigenvalue weighted by Gasteiger charge is 2.36. The summed E-state index contributed by atoms with van der Waals surface area (Å²) in [7, 11) is 4.88. The lowest BCUT2D eigenvalue weighted by Gasteiger charge is -2.33. The summed E-state index contributed by atoms with van der Waals surface area (Å²) < 4.78 is 41.3. The Balaban J connectivity index is 1.59. The fourth-order valence-corrected chi connectivity index (χ4v) is 3.79. The Morgan fingerprint density at radius 2 is 1.66 bits per heavy atom. The van der Waals surface area contributed by atoms with E-state index in [2.05, 4.69) is 42.4 Å². The number of aromatic nitrogens is 3. The van der Waals surface area contributed by atoms with Crippen molar-refractivity contribution in [2.45, 2.75) is 6.18 Å². The highest BCUT2D eigenvalue weighted by Crippen LogP contribution is 2.36. The van der Waals surface area contributed by atoms with Gasteiger partial charge in [-0.2, -0.15) is 18.2 Å². The molecule has 0 spiro atoms. The quantitative estimate of drug-likeness (QED) is 0.353. The van der Waals surface area contributed by atoms with Gasteiger partial charge in [-0.25, -0.2) is 9.97 Å². The number of anilines is 5. The maximum absolute atomic E-state index is 13.8. The SMILES string of the molecule is CN1CCN(c2ccc(Nc3ncc(C(F)(F)F)c(Nc4ccccc4C(=O)C(=O)N(C)C)n3)cn2)CC1. The molecule has 3 heterocycles. The van der Waals surface area contributed by atoms with E-state index in [0.717, 1.165) is 36.9 Å². The van der Waals surface area contributed by atoms with Gasteiger partial charge in [-0.1, -0.05) is 12.1 Å². The summed E-state index contributed by atoms with van der Waals surface area (Å²) in [5, 5.41) is 5.45. The number of pyridine rings is 1. The first-order chi connectivity index (χ1) is 18.0. The van der Waals surface area contributed by atoms with Crippen molar-refractivity contribution in [2.24, 2.45) is 0 Å². The molecule has 4 rings (SSSR count). The van der Waals surface area contributed by atoms with E-state index in [1.807, 2.05) is 6.07 Å². The van der Waals surface area contributed by atoms with Crippen molar-refractivity contribution >= 4 is 40.6 Å². The Bertz CT molecular complexity index is 1310. The van der Waals surface area contributed by atoms with E-state index in [-0.39, 0.29) is 17.2 Å². The molecular formula is C25H27F3N8O2. The standard InChI is InChI=1S/C25H27F3N8O2/c1-34(2)23(38)21(37)17-6-4-5-7-19(17)32-22-18(25(26,27)28)15-30-24(33-22)31-16-8-9-20(29-14-16)36-12-10-35(3)11-13-36/h4-9,14-15H,10-13H2,1-3H3,(H2,30,31,32,33). The molecule has 2 aromatic heterocycles. The Kier molecular flexibility index (Phi) is 7.76. The van der Waals surface area contributed by atoms with Gasteiger partial charge in [-0.3, -0.25) is 9.59 Å². The number of nitrogens with one attached hydrogen (secondary N) is 2. The number of Topliss-reactive ketones (excluding diaryl/α,β-unsaturated/α-hetero) is 1. The molecule has 0 unspecified atom stereocenters. The number of likely N-dealkylation sites (N-methyl/N-ethyl adjacent to an activating group) is 2. The van der Waals surface area contributed by atoms with E-state index < -0.39 is 29.2 Å². The van der Waals surface area contributed by atoms with Crippen LogP contribution in [0, 0.1) is 0 Å². The summed E-state index contributed by atoms with van der Waals surface area (Å²) in [6.45, 7) is 3.54. The second-order valence-electron chi connectivity index (χ2n) is 8.97. The number of hydrogen-bond donors (Lipinski definition) is 2. The maximum atomic E-state index is 13.8. The molecule has 13 heteroatoms. The van der Waals surface area contributed by atoms with Gasteiger partial charge >= 0.3 is 6.18 Å². The molecule has 1 aliphatic rings. The molecule has 0 radical (unpaired) electrons. The van der Waals surface area contributed by atoms with Crippen LogP contribution in [0.1, 0.15) is 15.9 Å². The molecule has 0 aliphatic carbocycles. The minimum Gasteiger partial charge on any atom is -0.354 e. The zero-order valence-electron chi connectivity index (χ0n) is 21.1. The highest BCUT2D eigenvalue weighted by molar-refractivity contribution is 6.43. The number of amides is 1. The fraction of sp³-hybridized carbons (Fsp3) is 0.320. The van der Waals surface area contributed by atoms with Crippen LogP contribution in [0.2, 0.25) is 0 Å². The molecule has 0 bridgehead atoms. The predicted molar refractivity (Wildman–Crippen MR) is 137 cm³/mol. The molecule has 1 aromatic carbocycles. The molecule has 200 valence electrons. The second-order valence-corrected chi connectivity index (χ2v) is 8.97. The molecule has 38 heavy (non-hydrogen) atoms. The topological polar surface area (TPSA) is 107 Å². The third-order valence-electron chi connectivity index (χ3n) is 5.95. The van der Waals surface area contributed by atoms with Crippen molar-refractivity contribution in [1.29, 1.82) is 0 Å². The zero-order valence-corrected chi connectivity index (χ0v) is 21.1. The molecule has 10 nitrogen and oxygen atoms in total. The normalized spacial score (nSPS) is 14.2. The average molecular weight is 529 g/mol. The number of hydrogen-bond acceptors (Lipinski definition) is 9. The zero-order chi connectivity index (χ0) is 27.4. The van der Waals surface area contributed by atoms with Gasteiger partial charge in [0.15, 0.2) is 0 Å². The summed E-state index contributed by atoms with van der Waals surface area (Å²) in [5.74, 6) is -1.57. The number of para-hydroxylation sites is 1. The summed E-state index contributed by atoms with van der Waals surface area (Å²) in [6.07, 6.45) is -2.56. The van der Waals surface area contributed by atoms with Gasteiger partial charge in [0.05, 0.1) is 23.1 Å². The van der Waals surface area contributed by atoms with Crippen molar-refractivity contribution in [2.75, 3.05) is 62.9 Å². The summed E-state index contributed by atoms with van der Waals surface area (Å²) in [5.41, 5.74) is -0.731.